The molecule has 1 saturated carbocycles. The van der Waals surface area contributed by atoms with Gasteiger partial charge < -0.3 is 10.6 Å². The maximum Gasteiger partial charge on any atom is 0.225 e. The lowest BCUT2D eigenvalue weighted by Crippen LogP contribution is -2.33. The van der Waals surface area contributed by atoms with Crippen molar-refractivity contribution in [1.29, 1.82) is 0 Å². The lowest BCUT2D eigenvalue weighted by Gasteiger charge is -2.22. The Morgan fingerprint density at radius 3 is 2.45 bits per heavy atom. The summed E-state index contributed by atoms with van der Waals surface area (Å²) in [5.41, 5.74) is -0.366. The van der Waals surface area contributed by atoms with Crippen molar-refractivity contribution in [2.24, 2.45) is 0 Å². The molecule has 0 aromatic heterocycles. The van der Waals surface area contributed by atoms with Crippen LogP contribution in [-0.4, -0.2) is 18.5 Å². The SMILES string of the molecule is O=C(CCNC1CCCCC1)Nc1c(F)cccc1F. The van der Waals surface area contributed by atoms with Crippen LogP contribution < -0.4 is 10.6 Å². The summed E-state index contributed by atoms with van der Waals surface area (Å²) in [5, 5.41) is 5.61. The van der Waals surface area contributed by atoms with Crippen LogP contribution in [0.3, 0.4) is 0 Å². The fraction of sp³-hybridized carbons (Fsp3) is 0.533. The Kier molecular flexibility index (Phi) is 5.47. The van der Waals surface area contributed by atoms with Gasteiger partial charge in [0, 0.05) is 19.0 Å². The molecule has 1 aliphatic carbocycles. The van der Waals surface area contributed by atoms with Crippen molar-refractivity contribution in [3.05, 3.63) is 29.8 Å². The van der Waals surface area contributed by atoms with Gasteiger partial charge in [-0.15, -0.1) is 0 Å². The lowest BCUT2D eigenvalue weighted by molar-refractivity contribution is -0.116. The Labute approximate surface area is 117 Å². The summed E-state index contributed by atoms with van der Waals surface area (Å²) in [7, 11) is 0. The molecule has 1 aromatic rings. The quantitative estimate of drug-likeness (QED) is 0.870. The number of para-hydroxylation sites is 1. The van der Waals surface area contributed by atoms with Gasteiger partial charge in [-0.05, 0) is 25.0 Å². The van der Waals surface area contributed by atoms with E-state index in [4.69, 9.17) is 0 Å². The second kappa shape index (κ2) is 7.33. The third-order valence-corrected chi connectivity index (χ3v) is 3.62. The van der Waals surface area contributed by atoms with Gasteiger partial charge in [0.1, 0.15) is 17.3 Å². The Morgan fingerprint density at radius 2 is 1.80 bits per heavy atom. The number of benzene rings is 1. The van der Waals surface area contributed by atoms with Gasteiger partial charge in [-0.25, -0.2) is 8.78 Å². The molecule has 0 saturated heterocycles. The van der Waals surface area contributed by atoms with Gasteiger partial charge >= 0.3 is 0 Å². The highest BCUT2D eigenvalue weighted by Crippen LogP contribution is 2.19. The molecule has 0 spiro atoms. The zero-order valence-electron chi connectivity index (χ0n) is 11.4. The van der Waals surface area contributed by atoms with Crippen LogP contribution in [0.5, 0.6) is 0 Å². The second-order valence-corrected chi connectivity index (χ2v) is 5.18. The Morgan fingerprint density at radius 1 is 1.15 bits per heavy atom. The van der Waals surface area contributed by atoms with Crippen molar-refractivity contribution in [1.82, 2.24) is 5.32 Å². The molecule has 20 heavy (non-hydrogen) atoms. The van der Waals surface area contributed by atoms with Crippen LogP contribution in [0.2, 0.25) is 0 Å². The van der Waals surface area contributed by atoms with E-state index in [9.17, 15) is 13.6 Å². The first-order valence-electron chi connectivity index (χ1n) is 7.14. The third kappa shape index (κ3) is 4.27. The van der Waals surface area contributed by atoms with Gasteiger partial charge in [-0.3, -0.25) is 4.79 Å². The van der Waals surface area contributed by atoms with Crippen LogP contribution in [0.1, 0.15) is 38.5 Å². The molecule has 2 rings (SSSR count). The number of halogens is 2. The maximum absolute atomic E-state index is 13.4. The monoisotopic (exact) mass is 282 g/mol. The van der Waals surface area contributed by atoms with Crippen LogP contribution in [0.25, 0.3) is 0 Å². The van der Waals surface area contributed by atoms with Crippen LogP contribution >= 0.6 is 0 Å². The minimum absolute atomic E-state index is 0.213. The molecule has 0 heterocycles. The molecule has 1 aliphatic rings. The Hall–Kier alpha value is -1.49. The number of carbonyl (C=O) groups excluding carboxylic acids is 1. The average Bonchev–Trinajstić information content (AvgIpc) is 2.44. The van der Waals surface area contributed by atoms with Crippen LogP contribution in [0.4, 0.5) is 14.5 Å². The van der Waals surface area contributed by atoms with E-state index in [0.717, 1.165) is 25.0 Å². The number of anilines is 1. The number of amides is 1. The smallest absolute Gasteiger partial charge is 0.225 e. The van der Waals surface area contributed by atoms with Crippen molar-refractivity contribution in [2.75, 3.05) is 11.9 Å². The summed E-state index contributed by atoms with van der Waals surface area (Å²) in [4.78, 5) is 11.7. The second-order valence-electron chi connectivity index (χ2n) is 5.18. The maximum atomic E-state index is 13.4. The fourth-order valence-corrected chi connectivity index (χ4v) is 2.52. The summed E-state index contributed by atoms with van der Waals surface area (Å²) in [6.45, 7) is 0.534. The summed E-state index contributed by atoms with van der Waals surface area (Å²) < 4.78 is 26.7. The molecule has 1 fully saturated rings. The van der Waals surface area contributed by atoms with E-state index in [1.165, 1.54) is 25.3 Å². The van der Waals surface area contributed by atoms with E-state index in [-0.39, 0.29) is 18.0 Å². The van der Waals surface area contributed by atoms with E-state index in [0.29, 0.717) is 12.6 Å². The summed E-state index contributed by atoms with van der Waals surface area (Å²) in [6.07, 6.45) is 6.23. The zero-order chi connectivity index (χ0) is 14.4. The van der Waals surface area contributed by atoms with E-state index in [1.54, 1.807) is 0 Å². The van der Waals surface area contributed by atoms with Crippen molar-refractivity contribution in [2.45, 2.75) is 44.6 Å². The first-order valence-corrected chi connectivity index (χ1v) is 7.14. The number of hydrogen-bond donors (Lipinski definition) is 2. The normalized spacial score (nSPS) is 16.1. The van der Waals surface area contributed by atoms with E-state index in [2.05, 4.69) is 10.6 Å². The van der Waals surface area contributed by atoms with Gasteiger partial charge in [0.05, 0.1) is 0 Å². The third-order valence-electron chi connectivity index (χ3n) is 3.62. The summed E-state index contributed by atoms with van der Waals surface area (Å²) in [5.74, 6) is -1.88. The molecular weight excluding hydrogens is 262 g/mol. The number of rotatable bonds is 5. The zero-order valence-corrected chi connectivity index (χ0v) is 11.4. The van der Waals surface area contributed by atoms with Crippen molar-refractivity contribution < 1.29 is 13.6 Å². The molecule has 0 aliphatic heterocycles. The van der Waals surface area contributed by atoms with Crippen molar-refractivity contribution in [3.8, 4) is 0 Å². The molecule has 0 radical (unpaired) electrons. The minimum atomic E-state index is -0.751. The van der Waals surface area contributed by atoms with E-state index >= 15 is 0 Å². The predicted octanol–water partition coefficient (Wildman–Crippen LogP) is 3.22. The molecule has 0 unspecified atom stereocenters. The van der Waals surface area contributed by atoms with Gasteiger partial charge in [0.25, 0.3) is 0 Å². The molecule has 2 N–H and O–H groups in total. The number of nitrogens with one attached hydrogen (secondary N) is 2. The highest BCUT2D eigenvalue weighted by molar-refractivity contribution is 5.91. The van der Waals surface area contributed by atoms with Gasteiger partial charge in [0.2, 0.25) is 5.91 Å². The molecule has 0 atom stereocenters. The first kappa shape index (κ1) is 14.9. The average molecular weight is 282 g/mol. The van der Waals surface area contributed by atoms with Gasteiger partial charge in [-0.2, -0.15) is 0 Å². The summed E-state index contributed by atoms with van der Waals surface area (Å²) in [6, 6.07) is 3.99. The number of hydrogen-bond acceptors (Lipinski definition) is 2. The highest BCUT2D eigenvalue weighted by Gasteiger charge is 2.14. The minimum Gasteiger partial charge on any atom is -0.321 e. The molecule has 5 heteroatoms. The molecule has 3 nitrogen and oxygen atoms in total. The van der Waals surface area contributed by atoms with Crippen LogP contribution in [0.15, 0.2) is 18.2 Å². The molecule has 110 valence electrons. The topological polar surface area (TPSA) is 41.1 Å². The largest absolute Gasteiger partial charge is 0.321 e. The Balaban J connectivity index is 1.75. The Bertz CT molecular complexity index is 439. The lowest BCUT2D eigenvalue weighted by atomic mass is 9.95. The standard InChI is InChI=1S/C15H20F2N2O/c16-12-7-4-8-13(17)15(12)19-14(20)9-10-18-11-5-2-1-3-6-11/h4,7-8,11,18H,1-3,5-6,9-10H2,(H,19,20). The molecule has 1 amide bonds. The number of carbonyl (C=O) groups is 1. The summed E-state index contributed by atoms with van der Waals surface area (Å²) >= 11 is 0. The van der Waals surface area contributed by atoms with Crippen molar-refractivity contribution >= 4 is 11.6 Å². The molecular formula is C15H20F2N2O. The van der Waals surface area contributed by atoms with Crippen molar-refractivity contribution in [3.63, 3.8) is 0 Å². The van der Waals surface area contributed by atoms with E-state index < -0.39 is 11.6 Å². The molecule has 1 aromatic carbocycles. The van der Waals surface area contributed by atoms with Gasteiger partial charge in [0.15, 0.2) is 0 Å². The van der Waals surface area contributed by atoms with Gasteiger partial charge in [-0.1, -0.05) is 25.3 Å². The van der Waals surface area contributed by atoms with E-state index in [1.807, 2.05) is 0 Å². The first-order chi connectivity index (χ1) is 9.66. The highest BCUT2D eigenvalue weighted by atomic mass is 19.1. The van der Waals surface area contributed by atoms with Crippen LogP contribution in [-0.2, 0) is 4.79 Å². The predicted molar refractivity (Wildman–Crippen MR) is 74.5 cm³/mol. The molecule has 0 bridgehead atoms. The van der Waals surface area contributed by atoms with Crippen LogP contribution in [0, 0.1) is 11.6 Å². The fourth-order valence-electron chi connectivity index (χ4n) is 2.52.